The standard InChI is InChI=1S/C48H31NS/c1-2-10-35-29-36(18-17-32(35)9-1)33-19-23-38(24-20-33)49(40-27-28-48-46(31-40)44-15-7-8-16-47(44)50-48)39-25-21-34(22-26-39)45-30-37-11-3-4-12-41(37)42-13-5-6-14-43(42)45/h1-31H. The maximum atomic E-state index is 2.39. The average Bonchev–Trinajstić information content (AvgIpc) is 3.56. The Morgan fingerprint density at radius 3 is 1.64 bits per heavy atom. The van der Waals surface area contributed by atoms with Crippen LogP contribution in [0.5, 0.6) is 0 Å². The molecule has 0 bridgehead atoms. The van der Waals surface area contributed by atoms with E-state index < -0.39 is 0 Å². The number of anilines is 3. The minimum Gasteiger partial charge on any atom is -0.310 e. The number of hydrogen-bond acceptors (Lipinski definition) is 2. The molecule has 2 heteroatoms. The second-order valence-electron chi connectivity index (χ2n) is 13.0. The topological polar surface area (TPSA) is 3.24 Å². The maximum absolute atomic E-state index is 2.39. The summed E-state index contributed by atoms with van der Waals surface area (Å²) >= 11 is 1.86. The van der Waals surface area contributed by atoms with Gasteiger partial charge in [-0.25, -0.2) is 0 Å². The summed E-state index contributed by atoms with van der Waals surface area (Å²) in [6.45, 7) is 0. The average molecular weight is 654 g/mol. The molecule has 0 amide bonds. The summed E-state index contributed by atoms with van der Waals surface area (Å²) in [6, 6.07) is 68.8. The lowest BCUT2D eigenvalue weighted by Crippen LogP contribution is -2.09. The number of fused-ring (bicyclic) bond motifs is 7. The van der Waals surface area contributed by atoms with Crippen LogP contribution in [0.2, 0.25) is 0 Å². The van der Waals surface area contributed by atoms with E-state index in [-0.39, 0.29) is 0 Å². The van der Waals surface area contributed by atoms with E-state index in [0.717, 1.165) is 17.1 Å². The second kappa shape index (κ2) is 11.7. The van der Waals surface area contributed by atoms with Gasteiger partial charge in [0.1, 0.15) is 0 Å². The quantitative estimate of drug-likeness (QED) is 0.167. The third kappa shape index (κ3) is 4.84. The Balaban J connectivity index is 1.10. The van der Waals surface area contributed by atoms with Gasteiger partial charge < -0.3 is 4.90 Å². The van der Waals surface area contributed by atoms with Crippen LogP contribution in [0.3, 0.4) is 0 Å². The molecule has 0 aliphatic rings. The van der Waals surface area contributed by atoms with Crippen molar-refractivity contribution in [2.24, 2.45) is 0 Å². The van der Waals surface area contributed by atoms with Crippen LogP contribution in [0.4, 0.5) is 17.1 Å². The predicted octanol–water partition coefficient (Wildman–Crippen LogP) is 14.3. The van der Waals surface area contributed by atoms with Crippen LogP contribution >= 0.6 is 11.3 Å². The number of benzene rings is 9. The van der Waals surface area contributed by atoms with Crippen molar-refractivity contribution in [2.75, 3.05) is 4.90 Å². The van der Waals surface area contributed by atoms with E-state index >= 15 is 0 Å². The van der Waals surface area contributed by atoms with Crippen LogP contribution in [0.15, 0.2) is 188 Å². The zero-order valence-electron chi connectivity index (χ0n) is 27.3. The van der Waals surface area contributed by atoms with Crippen LogP contribution in [0.25, 0.3) is 74.7 Å². The van der Waals surface area contributed by atoms with Crippen molar-refractivity contribution in [3.63, 3.8) is 0 Å². The second-order valence-corrected chi connectivity index (χ2v) is 14.0. The fourth-order valence-electron chi connectivity index (χ4n) is 7.56. The predicted molar refractivity (Wildman–Crippen MR) is 217 cm³/mol. The van der Waals surface area contributed by atoms with E-state index in [1.54, 1.807) is 0 Å². The first kappa shape index (κ1) is 28.8. The molecular formula is C48H31NS. The van der Waals surface area contributed by atoms with E-state index in [0.29, 0.717) is 0 Å². The van der Waals surface area contributed by atoms with E-state index in [1.165, 1.54) is 74.7 Å². The first-order valence-corrected chi connectivity index (χ1v) is 17.9. The van der Waals surface area contributed by atoms with Crippen LogP contribution in [-0.2, 0) is 0 Å². The molecule has 0 N–H and O–H groups in total. The largest absolute Gasteiger partial charge is 0.310 e. The van der Waals surface area contributed by atoms with Gasteiger partial charge in [-0.05, 0) is 115 Å². The molecule has 0 saturated heterocycles. The lowest BCUT2D eigenvalue weighted by Gasteiger charge is -2.26. The fourth-order valence-corrected chi connectivity index (χ4v) is 8.64. The van der Waals surface area contributed by atoms with Gasteiger partial charge in [0.05, 0.1) is 0 Å². The lowest BCUT2D eigenvalue weighted by molar-refractivity contribution is 1.29. The maximum Gasteiger partial charge on any atom is 0.0468 e. The summed E-state index contributed by atoms with van der Waals surface area (Å²) in [5.74, 6) is 0. The highest BCUT2D eigenvalue weighted by molar-refractivity contribution is 7.25. The normalized spacial score (nSPS) is 11.6. The van der Waals surface area contributed by atoms with Crippen LogP contribution in [0, 0.1) is 0 Å². The van der Waals surface area contributed by atoms with Gasteiger partial charge in [-0.15, -0.1) is 11.3 Å². The summed E-state index contributed by atoms with van der Waals surface area (Å²) in [6.07, 6.45) is 0. The number of rotatable bonds is 5. The molecule has 234 valence electrons. The van der Waals surface area contributed by atoms with E-state index in [2.05, 4.69) is 193 Å². The van der Waals surface area contributed by atoms with Crippen molar-refractivity contribution in [2.45, 2.75) is 0 Å². The Bertz CT molecular complexity index is 2860. The first-order chi connectivity index (χ1) is 24.8. The zero-order valence-corrected chi connectivity index (χ0v) is 28.1. The number of hydrogen-bond donors (Lipinski definition) is 0. The van der Waals surface area contributed by atoms with Crippen molar-refractivity contribution in [3.05, 3.63) is 188 Å². The summed E-state index contributed by atoms with van der Waals surface area (Å²) in [5, 5.41) is 10.2. The smallest absolute Gasteiger partial charge is 0.0468 e. The van der Waals surface area contributed by atoms with E-state index in [4.69, 9.17) is 0 Å². The summed E-state index contributed by atoms with van der Waals surface area (Å²) in [5.41, 5.74) is 8.28. The van der Waals surface area contributed by atoms with Gasteiger partial charge in [0.25, 0.3) is 0 Å². The molecule has 0 saturated carbocycles. The van der Waals surface area contributed by atoms with Crippen LogP contribution in [-0.4, -0.2) is 0 Å². The monoisotopic (exact) mass is 653 g/mol. The highest BCUT2D eigenvalue weighted by Crippen LogP contribution is 2.42. The SMILES string of the molecule is c1ccc2cc(-c3ccc(N(c4ccc(-c5cc6ccccc6c6ccccc56)cc4)c4ccc5sc6ccccc6c5c4)cc3)ccc2c1. The summed E-state index contributed by atoms with van der Waals surface area (Å²) < 4.78 is 2.62. The molecule has 0 aliphatic carbocycles. The third-order valence-corrected chi connectivity index (χ3v) is 11.2. The molecule has 9 aromatic carbocycles. The van der Waals surface area contributed by atoms with E-state index in [9.17, 15) is 0 Å². The molecule has 1 heterocycles. The molecular weight excluding hydrogens is 623 g/mol. The van der Waals surface area contributed by atoms with Gasteiger partial charge in [0.2, 0.25) is 0 Å². The minimum atomic E-state index is 1.12. The number of thiophene rings is 1. The van der Waals surface area contributed by atoms with Gasteiger partial charge in [-0.3, -0.25) is 0 Å². The van der Waals surface area contributed by atoms with Crippen LogP contribution < -0.4 is 4.90 Å². The van der Waals surface area contributed by atoms with Crippen molar-refractivity contribution < 1.29 is 0 Å². The molecule has 0 aliphatic heterocycles. The highest BCUT2D eigenvalue weighted by Gasteiger charge is 2.16. The zero-order chi connectivity index (χ0) is 33.0. The number of nitrogens with zero attached hydrogens (tertiary/aromatic N) is 1. The van der Waals surface area contributed by atoms with Crippen LogP contribution in [0.1, 0.15) is 0 Å². The van der Waals surface area contributed by atoms with Crippen molar-refractivity contribution in [3.8, 4) is 22.3 Å². The summed E-state index contributed by atoms with van der Waals surface area (Å²) in [7, 11) is 0. The van der Waals surface area contributed by atoms with Gasteiger partial charge in [0.15, 0.2) is 0 Å². The Labute approximate surface area is 294 Å². The summed E-state index contributed by atoms with van der Waals surface area (Å²) in [4.78, 5) is 2.39. The highest BCUT2D eigenvalue weighted by atomic mass is 32.1. The molecule has 0 fully saturated rings. The van der Waals surface area contributed by atoms with Crippen molar-refractivity contribution in [1.82, 2.24) is 0 Å². The van der Waals surface area contributed by atoms with Crippen molar-refractivity contribution >= 4 is 80.9 Å². The minimum absolute atomic E-state index is 1.12. The molecule has 0 unspecified atom stereocenters. The van der Waals surface area contributed by atoms with E-state index in [1.807, 2.05) is 11.3 Å². The Morgan fingerprint density at radius 1 is 0.300 bits per heavy atom. The molecule has 0 atom stereocenters. The molecule has 1 nitrogen and oxygen atoms in total. The third-order valence-electron chi connectivity index (χ3n) is 10.0. The van der Waals surface area contributed by atoms with Gasteiger partial charge in [0, 0.05) is 37.2 Å². The Morgan fingerprint density at radius 2 is 0.860 bits per heavy atom. The molecule has 50 heavy (non-hydrogen) atoms. The van der Waals surface area contributed by atoms with Gasteiger partial charge in [-0.1, -0.05) is 127 Å². The molecule has 0 radical (unpaired) electrons. The first-order valence-electron chi connectivity index (χ1n) is 17.1. The molecule has 1 aromatic heterocycles. The molecule has 10 aromatic rings. The van der Waals surface area contributed by atoms with Crippen molar-refractivity contribution in [1.29, 1.82) is 0 Å². The fraction of sp³-hybridized carbons (Fsp3) is 0. The molecule has 0 spiro atoms. The lowest BCUT2D eigenvalue weighted by atomic mass is 9.93. The van der Waals surface area contributed by atoms with Gasteiger partial charge >= 0.3 is 0 Å². The Kier molecular flexibility index (Phi) is 6.75. The molecule has 10 rings (SSSR count). The van der Waals surface area contributed by atoms with Gasteiger partial charge in [-0.2, -0.15) is 0 Å². The Hall–Kier alpha value is -6.22.